The Kier molecular flexibility index (Phi) is 5.05. The fourth-order valence-corrected chi connectivity index (χ4v) is 3.76. The number of aromatic nitrogens is 4. The Morgan fingerprint density at radius 3 is 2.62 bits per heavy atom. The van der Waals surface area contributed by atoms with Gasteiger partial charge in [0.1, 0.15) is 11.5 Å². The first kappa shape index (κ1) is 18.5. The lowest BCUT2D eigenvalue weighted by Crippen LogP contribution is -2.30. The first-order chi connectivity index (χ1) is 12.2. The van der Waals surface area contributed by atoms with E-state index in [0.29, 0.717) is 20.7 Å². The molecule has 0 aliphatic carbocycles. The van der Waals surface area contributed by atoms with E-state index in [-0.39, 0.29) is 23.0 Å². The number of amides is 1. The number of rotatable bonds is 4. The highest BCUT2D eigenvalue weighted by Gasteiger charge is 2.23. The van der Waals surface area contributed by atoms with Crippen LogP contribution in [0.4, 0.5) is 10.1 Å². The normalized spacial score (nSPS) is 11.7. The molecule has 0 aliphatic heterocycles. The molecule has 0 fully saturated rings. The van der Waals surface area contributed by atoms with Crippen molar-refractivity contribution >= 4 is 39.7 Å². The van der Waals surface area contributed by atoms with E-state index in [4.69, 9.17) is 0 Å². The molecule has 10 heteroatoms. The molecular formula is C16H16FN5O2S2. The van der Waals surface area contributed by atoms with E-state index in [1.54, 1.807) is 0 Å². The Bertz CT molecular complexity index is 1010. The molecule has 7 nitrogen and oxygen atoms in total. The lowest BCUT2D eigenvalue weighted by molar-refractivity contribution is -0.113. The standard InChI is InChI=1S/C16H16FN5O2S2/c1-16(2,3)12-13(24)22-14(20-19-12)26-15(21-22)25-8-11(23)18-10-6-4-9(17)5-7-10/h4-7H,8H2,1-3H3,(H,18,23). The minimum Gasteiger partial charge on any atom is -0.325 e. The summed E-state index contributed by atoms with van der Waals surface area (Å²) in [5.41, 5.74) is 0.113. The van der Waals surface area contributed by atoms with E-state index in [9.17, 15) is 14.0 Å². The average Bonchev–Trinajstić information content (AvgIpc) is 2.98. The van der Waals surface area contributed by atoms with Crippen LogP contribution in [0, 0.1) is 5.82 Å². The van der Waals surface area contributed by atoms with Crippen LogP contribution >= 0.6 is 23.1 Å². The molecule has 26 heavy (non-hydrogen) atoms. The average molecular weight is 393 g/mol. The molecule has 0 aliphatic rings. The highest BCUT2D eigenvalue weighted by Crippen LogP contribution is 2.24. The van der Waals surface area contributed by atoms with Crippen LogP contribution in [-0.2, 0) is 10.2 Å². The van der Waals surface area contributed by atoms with Crippen LogP contribution in [0.2, 0.25) is 0 Å². The van der Waals surface area contributed by atoms with Gasteiger partial charge in [0.2, 0.25) is 10.9 Å². The number of halogens is 1. The number of carbonyl (C=O) groups is 1. The third kappa shape index (κ3) is 4.07. The highest BCUT2D eigenvalue weighted by molar-refractivity contribution is 8.01. The Morgan fingerprint density at radius 2 is 1.96 bits per heavy atom. The van der Waals surface area contributed by atoms with Crippen LogP contribution in [0.3, 0.4) is 0 Å². The second-order valence-corrected chi connectivity index (χ2v) is 8.69. The van der Waals surface area contributed by atoms with Gasteiger partial charge in [-0.2, -0.15) is 4.52 Å². The second kappa shape index (κ2) is 7.12. The summed E-state index contributed by atoms with van der Waals surface area (Å²) < 4.78 is 14.6. The molecule has 0 saturated carbocycles. The summed E-state index contributed by atoms with van der Waals surface area (Å²) in [6, 6.07) is 5.51. The van der Waals surface area contributed by atoms with Crippen molar-refractivity contribution in [3.8, 4) is 0 Å². The van der Waals surface area contributed by atoms with Gasteiger partial charge in [-0.3, -0.25) is 9.59 Å². The Balaban J connectivity index is 1.71. The Morgan fingerprint density at radius 1 is 1.27 bits per heavy atom. The van der Waals surface area contributed by atoms with Crippen LogP contribution in [-0.4, -0.2) is 31.5 Å². The largest absolute Gasteiger partial charge is 0.325 e. The minimum absolute atomic E-state index is 0.103. The van der Waals surface area contributed by atoms with Crippen LogP contribution < -0.4 is 10.9 Å². The number of fused-ring (bicyclic) bond motifs is 1. The van der Waals surface area contributed by atoms with Gasteiger partial charge < -0.3 is 5.32 Å². The minimum atomic E-state index is -0.433. The number of benzene rings is 1. The van der Waals surface area contributed by atoms with Crippen molar-refractivity contribution in [1.29, 1.82) is 0 Å². The van der Waals surface area contributed by atoms with Crippen molar-refractivity contribution in [3.63, 3.8) is 0 Å². The van der Waals surface area contributed by atoms with Crippen molar-refractivity contribution in [2.24, 2.45) is 0 Å². The van der Waals surface area contributed by atoms with E-state index in [2.05, 4.69) is 20.6 Å². The lowest BCUT2D eigenvalue weighted by atomic mass is 9.93. The summed E-state index contributed by atoms with van der Waals surface area (Å²) in [6.45, 7) is 5.64. The molecule has 0 atom stereocenters. The second-order valence-electron chi connectivity index (χ2n) is 6.51. The molecule has 3 rings (SSSR count). The molecule has 136 valence electrons. The van der Waals surface area contributed by atoms with Gasteiger partial charge in [0.25, 0.3) is 5.56 Å². The number of thioether (sulfide) groups is 1. The summed E-state index contributed by atoms with van der Waals surface area (Å²) >= 11 is 2.39. The van der Waals surface area contributed by atoms with Gasteiger partial charge in [-0.15, -0.1) is 15.3 Å². The molecule has 2 aromatic heterocycles. The maximum Gasteiger partial charge on any atom is 0.297 e. The molecule has 1 N–H and O–H groups in total. The fraction of sp³-hybridized carbons (Fsp3) is 0.312. The maximum atomic E-state index is 12.9. The van der Waals surface area contributed by atoms with Gasteiger partial charge >= 0.3 is 0 Å². The lowest BCUT2D eigenvalue weighted by Gasteiger charge is -2.14. The molecule has 0 spiro atoms. The van der Waals surface area contributed by atoms with E-state index in [0.717, 1.165) is 0 Å². The Hall–Kier alpha value is -2.33. The molecule has 0 radical (unpaired) electrons. The summed E-state index contributed by atoms with van der Waals surface area (Å²) in [5, 5.41) is 15.0. The van der Waals surface area contributed by atoms with Crippen molar-refractivity contribution < 1.29 is 9.18 Å². The highest BCUT2D eigenvalue weighted by atomic mass is 32.2. The maximum absolute atomic E-state index is 12.9. The zero-order chi connectivity index (χ0) is 18.9. The number of nitrogens with one attached hydrogen (secondary N) is 1. The predicted octanol–water partition coefficient (Wildman–Crippen LogP) is 2.71. The van der Waals surface area contributed by atoms with Crippen molar-refractivity contribution in [2.75, 3.05) is 11.1 Å². The smallest absolute Gasteiger partial charge is 0.297 e. The van der Waals surface area contributed by atoms with Crippen LogP contribution in [0.5, 0.6) is 0 Å². The SMILES string of the molecule is CC(C)(C)c1nnc2sc(SCC(=O)Nc3ccc(F)cc3)nn2c1=O. The summed E-state index contributed by atoms with van der Waals surface area (Å²) in [6.07, 6.45) is 0. The number of carbonyl (C=O) groups excluding carboxylic acids is 1. The van der Waals surface area contributed by atoms with Gasteiger partial charge in [-0.1, -0.05) is 43.9 Å². The number of hydrogen-bond donors (Lipinski definition) is 1. The van der Waals surface area contributed by atoms with Gasteiger partial charge in [0.15, 0.2) is 4.34 Å². The zero-order valence-electron chi connectivity index (χ0n) is 14.3. The number of nitrogens with zero attached hydrogens (tertiary/aromatic N) is 4. The van der Waals surface area contributed by atoms with Gasteiger partial charge in [-0.25, -0.2) is 4.39 Å². The van der Waals surface area contributed by atoms with Crippen molar-refractivity contribution in [1.82, 2.24) is 19.8 Å². The van der Waals surface area contributed by atoms with Gasteiger partial charge in [0, 0.05) is 11.1 Å². The Labute approximate surface area is 156 Å². The number of anilines is 1. The molecule has 3 aromatic rings. The number of hydrogen-bond acceptors (Lipinski definition) is 7. The van der Waals surface area contributed by atoms with E-state index < -0.39 is 5.41 Å². The summed E-state index contributed by atoms with van der Waals surface area (Å²) in [4.78, 5) is 24.9. The van der Waals surface area contributed by atoms with E-state index >= 15 is 0 Å². The van der Waals surface area contributed by atoms with Crippen LogP contribution in [0.1, 0.15) is 26.5 Å². The monoisotopic (exact) mass is 393 g/mol. The molecule has 0 bridgehead atoms. The van der Waals surface area contributed by atoms with E-state index in [1.165, 1.54) is 51.9 Å². The third-order valence-corrected chi connectivity index (χ3v) is 5.37. The first-order valence-electron chi connectivity index (χ1n) is 7.69. The zero-order valence-corrected chi connectivity index (χ0v) is 15.9. The molecule has 0 unspecified atom stereocenters. The van der Waals surface area contributed by atoms with Crippen molar-refractivity contribution in [3.05, 3.63) is 46.1 Å². The van der Waals surface area contributed by atoms with Crippen LogP contribution in [0.25, 0.3) is 4.96 Å². The molecule has 1 amide bonds. The summed E-state index contributed by atoms with van der Waals surface area (Å²) in [7, 11) is 0. The van der Waals surface area contributed by atoms with Crippen LogP contribution in [0.15, 0.2) is 33.4 Å². The first-order valence-corrected chi connectivity index (χ1v) is 9.49. The van der Waals surface area contributed by atoms with E-state index in [1.807, 2.05) is 20.8 Å². The van der Waals surface area contributed by atoms with Gasteiger partial charge in [-0.05, 0) is 24.3 Å². The molecule has 0 saturated heterocycles. The van der Waals surface area contributed by atoms with Gasteiger partial charge in [0.05, 0.1) is 5.75 Å². The molecular weight excluding hydrogens is 377 g/mol. The molecule has 1 aromatic carbocycles. The predicted molar refractivity (Wildman–Crippen MR) is 99.4 cm³/mol. The quantitative estimate of drug-likeness (QED) is 0.686. The third-order valence-electron chi connectivity index (χ3n) is 3.34. The topological polar surface area (TPSA) is 89.2 Å². The fourth-order valence-electron chi connectivity index (χ4n) is 2.08. The molecule has 2 heterocycles. The summed E-state index contributed by atoms with van der Waals surface area (Å²) in [5.74, 6) is -0.520. The van der Waals surface area contributed by atoms with Crippen molar-refractivity contribution in [2.45, 2.75) is 30.5 Å².